The molecule has 0 aliphatic rings. The number of carbonyl (C=O) groups is 2. The Morgan fingerprint density at radius 2 is 1.38 bits per heavy atom. The molecule has 29 heavy (non-hydrogen) atoms. The summed E-state index contributed by atoms with van der Waals surface area (Å²) in [6, 6.07) is 25.6. The third kappa shape index (κ3) is 5.56. The molecule has 5 heteroatoms. The Morgan fingerprint density at radius 1 is 0.793 bits per heavy atom. The summed E-state index contributed by atoms with van der Waals surface area (Å²) in [6.45, 7) is 0. The number of benzene rings is 3. The highest BCUT2D eigenvalue weighted by molar-refractivity contribution is 6.10. The van der Waals surface area contributed by atoms with Gasteiger partial charge in [0.2, 0.25) is 0 Å². The van der Waals surface area contributed by atoms with Gasteiger partial charge in [0.25, 0.3) is 11.8 Å². The second-order valence-electron chi connectivity index (χ2n) is 6.68. The molecule has 0 fully saturated rings. The zero-order valence-electron chi connectivity index (χ0n) is 16.4. The fourth-order valence-electron chi connectivity index (χ4n) is 2.70. The molecule has 3 aromatic rings. The fraction of sp³-hybridized carbons (Fsp3) is 0.0833. The summed E-state index contributed by atoms with van der Waals surface area (Å²) in [5.41, 5.74) is 3.16. The summed E-state index contributed by atoms with van der Waals surface area (Å²) in [7, 11) is 3.92. The van der Waals surface area contributed by atoms with E-state index in [4.69, 9.17) is 0 Å². The molecule has 0 bridgehead atoms. The minimum absolute atomic E-state index is 0.167. The standard InChI is InChI=1S/C24H23N3O2/c1-27(2)21-15-13-18(14-16-21)17-22(24(29)25-20-11-7-4-8-12-20)26-23(28)19-9-5-3-6-10-19/h3-17H,1-2H3,(H,25,29)(H,26,28). The lowest BCUT2D eigenvalue weighted by Gasteiger charge is -2.13. The van der Waals surface area contributed by atoms with Crippen LogP contribution in [0, 0.1) is 0 Å². The van der Waals surface area contributed by atoms with Gasteiger partial charge in [0.1, 0.15) is 5.70 Å². The third-order valence-electron chi connectivity index (χ3n) is 4.28. The van der Waals surface area contributed by atoms with Gasteiger partial charge in [-0.05, 0) is 48.0 Å². The van der Waals surface area contributed by atoms with Crippen LogP contribution in [0.5, 0.6) is 0 Å². The maximum Gasteiger partial charge on any atom is 0.272 e. The first-order valence-corrected chi connectivity index (χ1v) is 9.25. The van der Waals surface area contributed by atoms with Crippen molar-refractivity contribution in [3.8, 4) is 0 Å². The van der Waals surface area contributed by atoms with Crippen LogP contribution in [0.15, 0.2) is 90.6 Å². The van der Waals surface area contributed by atoms with Crippen LogP contribution < -0.4 is 15.5 Å². The molecule has 0 aromatic heterocycles. The van der Waals surface area contributed by atoms with Crippen molar-refractivity contribution in [3.05, 3.63) is 102 Å². The van der Waals surface area contributed by atoms with Gasteiger partial charge >= 0.3 is 0 Å². The summed E-state index contributed by atoms with van der Waals surface area (Å²) in [5.74, 6) is -0.734. The van der Waals surface area contributed by atoms with E-state index in [1.54, 1.807) is 42.5 Å². The quantitative estimate of drug-likeness (QED) is 0.626. The zero-order chi connectivity index (χ0) is 20.6. The van der Waals surface area contributed by atoms with Crippen LogP contribution in [-0.2, 0) is 4.79 Å². The monoisotopic (exact) mass is 385 g/mol. The van der Waals surface area contributed by atoms with E-state index in [-0.39, 0.29) is 11.6 Å². The van der Waals surface area contributed by atoms with Gasteiger partial charge in [-0.15, -0.1) is 0 Å². The van der Waals surface area contributed by atoms with Crippen molar-refractivity contribution >= 4 is 29.3 Å². The maximum absolute atomic E-state index is 12.9. The molecule has 0 saturated carbocycles. The molecule has 3 rings (SSSR count). The highest BCUT2D eigenvalue weighted by Crippen LogP contribution is 2.15. The Labute approximate surface area is 170 Å². The third-order valence-corrected chi connectivity index (χ3v) is 4.28. The molecule has 0 aliphatic carbocycles. The van der Waals surface area contributed by atoms with Crippen molar-refractivity contribution < 1.29 is 9.59 Å². The molecule has 0 radical (unpaired) electrons. The smallest absolute Gasteiger partial charge is 0.272 e. The van der Waals surface area contributed by atoms with Crippen molar-refractivity contribution in [1.29, 1.82) is 0 Å². The first-order valence-electron chi connectivity index (χ1n) is 9.25. The molecule has 0 atom stereocenters. The second-order valence-corrected chi connectivity index (χ2v) is 6.68. The van der Waals surface area contributed by atoms with Crippen LogP contribution >= 0.6 is 0 Å². The predicted molar refractivity (Wildman–Crippen MR) is 118 cm³/mol. The molecule has 2 amide bonds. The lowest BCUT2D eigenvalue weighted by molar-refractivity contribution is -0.113. The van der Waals surface area contributed by atoms with Crippen LogP contribution in [0.3, 0.4) is 0 Å². The highest BCUT2D eigenvalue weighted by Gasteiger charge is 2.15. The van der Waals surface area contributed by atoms with Crippen molar-refractivity contribution in [2.45, 2.75) is 0 Å². The summed E-state index contributed by atoms with van der Waals surface area (Å²) in [6.07, 6.45) is 1.67. The highest BCUT2D eigenvalue weighted by atomic mass is 16.2. The second kappa shape index (κ2) is 9.37. The number of para-hydroxylation sites is 1. The molecule has 0 saturated heterocycles. The molecular formula is C24H23N3O2. The number of nitrogens with zero attached hydrogens (tertiary/aromatic N) is 1. The van der Waals surface area contributed by atoms with Crippen LogP contribution in [0.1, 0.15) is 15.9 Å². The maximum atomic E-state index is 12.9. The topological polar surface area (TPSA) is 61.4 Å². The summed E-state index contributed by atoms with van der Waals surface area (Å²) in [5, 5.41) is 5.56. The number of hydrogen-bond acceptors (Lipinski definition) is 3. The predicted octanol–water partition coefficient (Wildman–Crippen LogP) is 4.16. The van der Waals surface area contributed by atoms with E-state index in [1.165, 1.54) is 0 Å². The number of hydrogen-bond donors (Lipinski definition) is 2. The van der Waals surface area contributed by atoms with E-state index < -0.39 is 5.91 Å². The van der Waals surface area contributed by atoms with Crippen LogP contribution in [0.4, 0.5) is 11.4 Å². The van der Waals surface area contributed by atoms with Crippen molar-refractivity contribution in [2.75, 3.05) is 24.3 Å². The SMILES string of the molecule is CN(C)c1ccc(C=C(NC(=O)c2ccccc2)C(=O)Nc2ccccc2)cc1. The summed E-state index contributed by atoms with van der Waals surface area (Å²) >= 11 is 0. The van der Waals surface area contributed by atoms with Crippen LogP contribution in [-0.4, -0.2) is 25.9 Å². The van der Waals surface area contributed by atoms with Crippen molar-refractivity contribution in [3.63, 3.8) is 0 Å². The molecule has 3 aromatic carbocycles. The van der Waals surface area contributed by atoms with Gasteiger partial charge in [-0.3, -0.25) is 9.59 Å². The first kappa shape index (κ1) is 19.9. The van der Waals surface area contributed by atoms with Gasteiger partial charge in [0.05, 0.1) is 0 Å². The lowest BCUT2D eigenvalue weighted by atomic mass is 10.1. The number of nitrogens with one attached hydrogen (secondary N) is 2. The van der Waals surface area contributed by atoms with E-state index in [0.29, 0.717) is 11.3 Å². The van der Waals surface area contributed by atoms with E-state index in [0.717, 1.165) is 11.3 Å². The van der Waals surface area contributed by atoms with Crippen molar-refractivity contribution in [1.82, 2.24) is 5.32 Å². The largest absolute Gasteiger partial charge is 0.378 e. The number of anilines is 2. The Morgan fingerprint density at radius 3 is 1.97 bits per heavy atom. The zero-order valence-corrected chi connectivity index (χ0v) is 16.4. The van der Waals surface area contributed by atoms with Gasteiger partial charge in [-0.25, -0.2) is 0 Å². The molecule has 0 heterocycles. The lowest BCUT2D eigenvalue weighted by Crippen LogP contribution is -2.30. The average Bonchev–Trinajstić information content (AvgIpc) is 2.75. The van der Waals surface area contributed by atoms with Gasteiger partial charge in [0.15, 0.2) is 0 Å². The number of carbonyl (C=O) groups excluding carboxylic acids is 2. The van der Waals surface area contributed by atoms with E-state index in [1.807, 2.05) is 67.5 Å². The van der Waals surface area contributed by atoms with E-state index >= 15 is 0 Å². The Kier molecular flexibility index (Phi) is 6.43. The normalized spacial score (nSPS) is 10.9. The van der Waals surface area contributed by atoms with Crippen LogP contribution in [0.25, 0.3) is 6.08 Å². The Balaban J connectivity index is 1.87. The number of amides is 2. The molecular weight excluding hydrogens is 362 g/mol. The van der Waals surface area contributed by atoms with E-state index in [9.17, 15) is 9.59 Å². The molecule has 2 N–H and O–H groups in total. The molecule has 0 unspecified atom stereocenters. The van der Waals surface area contributed by atoms with Gasteiger partial charge < -0.3 is 15.5 Å². The molecule has 0 spiro atoms. The fourth-order valence-corrected chi connectivity index (χ4v) is 2.70. The average molecular weight is 385 g/mol. The number of rotatable bonds is 6. The summed E-state index contributed by atoms with van der Waals surface area (Å²) in [4.78, 5) is 27.5. The van der Waals surface area contributed by atoms with E-state index in [2.05, 4.69) is 10.6 Å². The Bertz CT molecular complexity index is 995. The molecule has 0 aliphatic heterocycles. The van der Waals surface area contributed by atoms with Gasteiger partial charge in [0, 0.05) is 31.0 Å². The minimum atomic E-state index is -0.392. The van der Waals surface area contributed by atoms with Crippen molar-refractivity contribution in [2.24, 2.45) is 0 Å². The minimum Gasteiger partial charge on any atom is -0.378 e. The molecule has 146 valence electrons. The van der Waals surface area contributed by atoms with Gasteiger partial charge in [-0.2, -0.15) is 0 Å². The summed E-state index contributed by atoms with van der Waals surface area (Å²) < 4.78 is 0. The molecule has 5 nitrogen and oxygen atoms in total. The Hall–Kier alpha value is -3.86. The van der Waals surface area contributed by atoms with Gasteiger partial charge in [-0.1, -0.05) is 48.5 Å². The first-order chi connectivity index (χ1) is 14.0. The van der Waals surface area contributed by atoms with Crippen LogP contribution in [0.2, 0.25) is 0 Å².